The minimum Gasteiger partial charge on any atom is -0.319 e. The van der Waals surface area contributed by atoms with Crippen LogP contribution in [0, 0.1) is 5.92 Å². The summed E-state index contributed by atoms with van der Waals surface area (Å²) in [7, 11) is 1.98. The van der Waals surface area contributed by atoms with Gasteiger partial charge in [0.05, 0.1) is 0 Å². The van der Waals surface area contributed by atoms with Crippen molar-refractivity contribution in [3.05, 3.63) is 33.8 Å². The molecule has 1 aromatic rings. The monoisotopic (exact) mass is 229 g/mol. The van der Waals surface area contributed by atoms with Gasteiger partial charge in [0.25, 0.3) is 0 Å². The maximum Gasteiger partial charge on any atom is 0.0441 e. The first kappa shape index (κ1) is 10.3. The Hall–Kier alpha value is -0.240. The van der Waals surface area contributed by atoms with Gasteiger partial charge in [-0.25, -0.2) is 0 Å². The molecule has 2 unspecified atom stereocenters. The number of hydrogen-bond donors (Lipinski definition) is 1. The summed E-state index contributed by atoms with van der Waals surface area (Å²) in [6.07, 6.45) is 1.22. The topological polar surface area (TPSA) is 12.0 Å². The van der Waals surface area contributed by atoms with Crippen molar-refractivity contribution in [2.45, 2.75) is 12.3 Å². The van der Waals surface area contributed by atoms with E-state index in [1.54, 1.807) is 0 Å². The molecule has 1 N–H and O–H groups in total. The molecule has 1 aromatic carbocycles. The Morgan fingerprint density at radius 1 is 1.43 bits per heavy atom. The van der Waals surface area contributed by atoms with E-state index in [2.05, 4.69) is 5.32 Å². The molecular formula is C11H13Cl2N. The molecule has 1 aliphatic carbocycles. The molecule has 1 saturated carbocycles. The van der Waals surface area contributed by atoms with Crippen LogP contribution in [0.15, 0.2) is 18.2 Å². The Balaban J connectivity index is 2.14. The summed E-state index contributed by atoms with van der Waals surface area (Å²) in [5.41, 5.74) is 1.21. The zero-order chi connectivity index (χ0) is 10.1. The maximum absolute atomic E-state index is 6.12. The van der Waals surface area contributed by atoms with Crippen LogP contribution in [0.4, 0.5) is 0 Å². The second-order valence-corrected chi connectivity index (χ2v) is 4.67. The second kappa shape index (κ2) is 4.09. The van der Waals surface area contributed by atoms with E-state index in [1.165, 1.54) is 12.0 Å². The largest absolute Gasteiger partial charge is 0.319 e. The third-order valence-corrected chi connectivity index (χ3v) is 3.33. The Morgan fingerprint density at radius 3 is 2.93 bits per heavy atom. The second-order valence-electron chi connectivity index (χ2n) is 3.83. The van der Waals surface area contributed by atoms with Crippen molar-refractivity contribution < 1.29 is 0 Å². The Labute approximate surface area is 94.4 Å². The van der Waals surface area contributed by atoms with Gasteiger partial charge >= 0.3 is 0 Å². The molecule has 14 heavy (non-hydrogen) atoms. The lowest BCUT2D eigenvalue weighted by Gasteiger charge is -2.04. The van der Waals surface area contributed by atoms with Gasteiger partial charge in [0.15, 0.2) is 0 Å². The summed E-state index contributed by atoms with van der Waals surface area (Å²) < 4.78 is 0. The molecule has 0 amide bonds. The molecule has 0 bridgehead atoms. The Bertz CT molecular complexity index is 338. The van der Waals surface area contributed by atoms with Gasteiger partial charge in [-0.1, -0.05) is 23.2 Å². The van der Waals surface area contributed by atoms with Crippen molar-refractivity contribution in [3.63, 3.8) is 0 Å². The average molecular weight is 230 g/mol. The lowest BCUT2D eigenvalue weighted by atomic mass is 10.1. The first-order chi connectivity index (χ1) is 6.72. The Kier molecular flexibility index (Phi) is 3.01. The molecule has 0 aromatic heterocycles. The highest BCUT2D eigenvalue weighted by atomic mass is 35.5. The number of nitrogens with one attached hydrogen (secondary N) is 1. The molecule has 3 heteroatoms. The fraction of sp³-hybridized carbons (Fsp3) is 0.455. The van der Waals surface area contributed by atoms with E-state index in [4.69, 9.17) is 23.2 Å². The number of hydrogen-bond acceptors (Lipinski definition) is 1. The van der Waals surface area contributed by atoms with Gasteiger partial charge in [0, 0.05) is 10.0 Å². The van der Waals surface area contributed by atoms with Crippen LogP contribution in [-0.2, 0) is 0 Å². The highest BCUT2D eigenvalue weighted by molar-refractivity contribution is 6.33. The molecule has 1 fully saturated rings. The highest BCUT2D eigenvalue weighted by Gasteiger charge is 2.38. The van der Waals surface area contributed by atoms with E-state index in [-0.39, 0.29) is 0 Å². The van der Waals surface area contributed by atoms with E-state index in [0.29, 0.717) is 5.92 Å². The maximum atomic E-state index is 6.12. The van der Waals surface area contributed by atoms with Crippen LogP contribution in [0.5, 0.6) is 0 Å². The number of benzene rings is 1. The molecule has 0 aliphatic heterocycles. The minimum atomic E-state index is 0.605. The van der Waals surface area contributed by atoms with Crippen molar-refractivity contribution in [1.82, 2.24) is 5.32 Å². The zero-order valence-electron chi connectivity index (χ0n) is 8.06. The molecule has 1 nitrogen and oxygen atoms in total. The predicted molar refractivity (Wildman–Crippen MR) is 61.2 cm³/mol. The standard InChI is InChI=1S/C11H13Cl2N/c1-14-6-7-4-9(7)10-5-8(12)2-3-11(10)13/h2-3,5,7,9,14H,4,6H2,1H3. The van der Waals surface area contributed by atoms with Gasteiger partial charge in [-0.15, -0.1) is 0 Å². The van der Waals surface area contributed by atoms with Crippen molar-refractivity contribution in [3.8, 4) is 0 Å². The first-order valence-corrected chi connectivity index (χ1v) is 5.57. The number of rotatable bonds is 3. The summed E-state index contributed by atoms with van der Waals surface area (Å²) in [6, 6.07) is 5.71. The van der Waals surface area contributed by atoms with E-state index in [0.717, 1.165) is 22.5 Å². The lowest BCUT2D eigenvalue weighted by Crippen LogP contribution is -2.10. The molecule has 0 heterocycles. The van der Waals surface area contributed by atoms with Crippen LogP contribution in [0.25, 0.3) is 0 Å². The normalized spacial score (nSPS) is 25.1. The molecule has 0 saturated heterocycles. The molecule has 2 atom stereocenters. The summed E-state index contributed by atoms with van der Waals surface area (Å²) >= 11 is 12.1. The van der Waals surface area contributed by atoms with Gasteiger partial charge in [0.2, 0.25) is 0 Å². The Morgan fingerprint density at radius 2 is 2.21 bits per heavy atom. The summed E-state index contributed by atoms with van der Waals surface area (Å²) in [4.78, 5) is 0. The van der Waals surface area contributed by atoms with Gasteiger partial charge in [-0.3, -0.25) is 0 Å². The minimum absolute atomic E-state index is 0.605. The van der Waals surface area contributed by atoms with Crippen molar-refractivity contribution in [1.29, 1.82) is 0 Å². The SMILES string of the molecule is CNCC1CC1c1cc(Cl)ccc1Cl. The van der Waals surface area contributed by atoms with Crippen LogP contribution in [0.2, 0.25) is 10.0 Å². The fourth-order valence-corrected chi connectivity index (χ4v) is 2.35. The lowest BCUT2D eigenvalue weighted by molar-refractivity contribution is 0.698. The predicted octanol–water partition coefficient (Wildman–Crippen LogP) is 3.32. The average Bonchev–Trinajstić information content (AvgIpc) is 2.89. The van der Waals surface area contributed by atoms with Crippen LogP contribution in [0.1, 0.15) is 17.9 Å². The third kappa shape index (κ3) is 2.05. The molecule has 1 aliphatic rings. The van der Waals surface area contributed by atoms with Crippen LogP contribution in [0.3, 0.4) is 0 Å². The highest BCUT2D eigenvalue weighted by Crippen LogP contribution is 2.49. The molecular weight excluding hydrogens is 217 g/mol. The van der Waals surface area contributed by atoms with Gasteiger partial charge in [-0.05, 0) is 55.6 Å². The van der Waals surface area contributed by atoms with Gasteiger partial charge < -0.3 is 5.32 Å². The van der Waals surface area contributed by atoms with Crippen LogP contribution >= 0.6 is 23.2 Å². The van der Waals surface area contributed by atoms with Crippen LogP contribution in [-0.4, -0.2) is 13.6 Å². The van der Waals surface area contributed by atoms with Crippen molar-refractivity contribution >= 4 is 23.2 Å². The van der Waals surface area contributed by atoms with Gasteiger partial charge in [-0.2, -0.15) is 0 Å². The summed E-state index contributed by atoms with van der Waals surface area (Å²) in [6.45, 7) is 1.06. The molecule has 0 spiro atoms. The third-order valence-electron chi connectivity index (χ3n) is 2.75. The fourth-order valence-electron chi connectivity index (χ4n) is 1.92. The summed E-state index contributed by atoms with van der Waals surface area (Å²) in [5, 5.41) is 4.81. The summed E-state index contributed by atoms with van der Waals surface area (Å²) in [5.74, 6) is 1.34. The van der Waals surface area contributed by atoms with E-state index in [1.807, 2.05) is 25.2 Å². The van der Waals surface area contributed by atoms with Crippen molar-refractivity contribution in [2.24, 2.45) is 5.92 Å². The van der Waals surface area contributed by atoms with E-state index >= 15 is 0 Å². The van der Waals surface area contributed by atoms with Gasteiger partial charge in [0.1, 0.15) is 0 Å². The molecule has 2 rings (SSSR count). The van der Waals surface area contributed by atoms with E-state index < -0.39 is 0 Å². The van der Waals surface area contributed by atoms with Crippen LogP contribution < -0.4 is 5.32 Å². The quantitative estimate of drug-likeness (QED) is 0.839. The molecule has 76 valence electrons. The number of halogens is 2. The molecule has 0 radical (unpaired) electrons. The van der Waals surface area contributed by atoms with E-state index in [9.17, 15) is 0 Å². The smallest absolute Gasteiger partial charge is 0.0441 e. The first-order valence-electron chi connectivity index (χ1n) is 4.82. The van der Waals surface area contributed by atoms with Crippen molar-refractivity contribution in [2.75, 3.05) is 13.6 Å². The zero-order valence-corrected chi connectivity index (χ0v) is 9.57.